The molecule has 3 nitrogen and oxygen atoms in total. The lowest BCUT2D eigenvalue weighted by Gasteiger charge is -2.23. The lowest BCUT2D eigenvalue weighted by molar-refractivity contribution is -0.121. The van der Waals surface area contributed by atoms with Gasteiger partial charge in [-0.1, -0.05) is 0 Å². The lowest BCUT2D eigenvalue weighted by Crippen LogP contribution is -2.48. The van der Waals surface area contributed by atoms with Gasteiger partial charge in [-0.25, -0.2) is 13.2 Å². The summed E-state index contributed by atoms with van der Waals surface area (Å²) in [5, 5.41) is 5.41. The molecule has 0 aliphatic carbocycles. The van der Waals surface area contributed by atoms with E-state index < -0.39 is 23.0 Å². The first-order chi connectivity index (χ1) is 8.42. The Kier molecular flexibility index (Phi) is 3.30. The van der Waals surface area contributed by atoms with Gasteiger partial charge < -0.3 is 10.6 Å². The summed E-state index contributed by atoms with van der Waals surface area (Å²) in [6.07, 6.45) is 1.50. The fourth-order valence-corrected chi connectivity index (χ4v) is 1.99. The second-order valence-corrected chi connectivity index (χ2v) is 4.57. The van der Waals surface area contributed by atoms with Gasteiger partial charge in [0.2, 0.25) is 5.91 Å². The maximum absolute atomic E-state index is 13.0. The van der Waals surface area contributed by atoms with E-state index in [9.17, 15) is 18.0 Å². The molecule has 0 aromatic heterocycles. The molecule has 2 N–H and O–H groups in total. The van der Waals surface area contributed by atoms with Crippen molar-refractivity contribution < 1.29 is 18.0 Å². The van der Waals surface area contributed by atoms with Gasteiger partial charge in [-0.3, -0.25) is 4.79 Å². The second-order valence-electron chi connectivity index (χ2n) is 4.57. The SMILES string of the molecule is CC1(C(=O)Nc2cc(F)c(F)c(F)c2)CCCN1. The Bertz CT molecular complexity index is 461. The molecule has 1 amide bonds. The number of amides is 1. The molecule has 1 atom stereocenters. The summed E-state index contributed by atoms with van der Waals surface area (Å²) in [6, 6.07) is 1.52. The Morgan fingerprint density at radius 1 is 1.33 bits per heavy atom. The highest BCUT2D eigenvalue weighted by Gasteiger charge is 2.35. The van der Waals surface area contributed by atoms with Crippen LogP contribution in [-0.4, -0.2) is 18.0 Å². The molecule has 1 aromatic carbocycles. The van der Waals surface area contributed by atoms with Crippen molar-refractivity contribution in [3.63, 3.8) is 0 Å². The maximum Gasteiger partial charge on any atom is 0.244 e. The molecule has 0 bridgehead atoms. The van der Waals surface area contributed by atoms with Gasteiger partial charge in [0.15, 0.2) is 17.5 Å². The normalized spacial score (nSPS) is 23.1. The van der Waals surface area contributed by atoms with Crippen molar-refractivity contribution in [2.75, 3.05) is 11.9 Å². The zero-order valence-electron chi connectivity index (χ0n) is 9.82. The van der Waals surface area contributed by atoms with Gasteiger partial charge in [0.1, 0.15) is 0 Å². The van der Waals surface area contributed by atoms with Crippen molar-refractivity contribution in [3.8, 4) is 0 Å². The third-order valence-corrected chi connectivity index (χ3v) is 3.11. The van der Waals surface area contributed by atoms with Crippen molar-refractivity contribution >= 4 is 11.6 Å². The first kappa shape index (κ1) is 12.9. The summed E-state index contributed by atoms with van der Waals surface area (Å²) in [4.78, 5) is 11.9. The van der Waals surface area contributed by atoms with Crippen molar-refractivity contribution in [1.29, 1.82) is 0 Å². The Morgan fingerprint density at radius 3 is 2.44 bits per heavy atom. The molecule has 1 saturated heterocycles. The first-order valence-corrected chi connectivity index (χ1v) is 5.63. The van der Waals surface area contributed by atoms with E-state index in [-0.39, 0.29) is 11.6 Å². The van der Waals surface area contributed by atoms with Crippen LogP contribution in [0, 0.1) is 17.5 Å². The molecule has 0 radical (unpaired) electrons. The minimum absolute atomic E-state index is 0.0914. The first-order valence-electron chi connectivity index (χ1n) is 5.63. The molecule has 6 heteroatoms. The highest BCUT2D eigenvalue weighted by atomic mass is 19.2. The monoisotopic (exact) mass is 258 g/mol. The van der Waals surface area contributed by atoms with Gasteiger partial charge in [-0.05, 0) is 26.3 Å². The van der Waals surface area contributed by atoms with Gasteiger partial charge in [0, 0.05) is 17.8 Å². The van der Waals surface area contributed by atoms with Crippen LogP contribution in [0.1, 0.15) is 19.8 Å². The van der Waals surface area contributed by atoms with Gasteiger partial charge in [0.05, 0.1) is 5.54 Å². The number of halogens is 3. The quantitative estimate of drug-likeness (QED) is 0.798. The molecule has 0 spiro atoms. The molecular formula is C12H13F3N2O. The lowest BCUT2D eigenvalue weighted by atomic mass is 9.99. The van der Waals surface area contributed by atoms with Crippen LogP contribution in [0.2, 0.25) is 0 Å². The zero-order chi connectivity index (χ0) is 13.3. The van der Waals surface area contributed by atoms with Gasteiger partial charge in [0.25, 0.3) is 0 Å². The van der Waals surface area contributed by atoms with E-state index >= 15 is 0 Å². The van der Waals surface area contributed by atoms with Crippen LogP contribution in [0.3, 0.4) is 0 Å². The van der Waals surface area contributed by atoms with Gasteiger partial charge in [-0.2, -0.15) is 0 Å². The van der Waals surface area contributed by atoms with E-state index in [4.69, 9.17) is 0 Å². The summed E-state index contributed by atoms with van der Waals surface area (Å²) >= 11 is 0. The standard InChI is InChI=1S/C12H13F3N2O/c1-12(3-2-4-16-12)11(18)17-7-5-8(13)10(15)9(14)6-7/h5-6,16H,2-4H2,1H3,(H,17,18). The summed E-state index contributed by atoms with van der Waals surface area (Å²) in [5.41, 5.74) is -0.840. The van der Waals surface area contributed by atoms with E-state index in [0.717, 1.165) is 25.1 Å². The molecule has 1 fully saturated rings. The summed E-state index contributed by atoms with van der Waals surface area (Å²) < 4.78 is 38.7. The van der Waals surface area contributed by atoms with Gasteiger partial charge in [-0.15, -0.1) is 0 Å². The topological polar surface area (TPSA) is 41.1 Å². The Morgan fingerprint density at radius 2 is 1.94 bits per heavy atom. The molecule has 18 heavy (non-hydrogen) atoms. The highest BCUT2D eigenvalue weighted by Crippen LogP contribution is 2.22. The number of rotatable bonds is 2. The van der Waals surface area contributed by atoms with Crippen LogP contribution in [0.15, 0.2) is 12.1 Å². The smallest absolute Gasteiger partial charge is 0.244 e. The fraction of sp³-hybridized carbons (Fsp3) is 0.417. The van der Waals surface area contributed by atoms with E-state index in [0.29, 0.717) is 6.42 Å². The number of hydrogen-bond acceptors (Lipinski definition) is 2. The van der Waals surface area contributed by atoms with E-state index in [1.165, 1.54) is 0 Å². The van der Waals surface area contributed by atoms with Crippen molar-refractivity contribution in [2.24, 2.45) is 0 Å². The predicted molar refractivity (Wildman–Crippen MR) is 60.6 cm³/mol. The molecule has 98 valence electrons. The van der Waals surface area contributed by atoms with Crippen LogP contribution >= 0.6 is 0 Å². The molecule has 2 rings (SSSR count). The number of nitrogens with one attached hydrogen (secondary N) is 2. The van der Waals surface area contributed by atoms with Crippen molar-refractivity contribution in [3.05, 3.63) is 29.6 Å². The third-order valence-electron chi connectivity index (χ3n) is 3.11. The number of anilines is 1. The van der Waals surface area contributed by atoms with Crippen molar-refractivity contribution in [2.45, 2.75) is 25.3 Å². The Balaban J connectivity index is 2.17. The summed E-state index contributed by atoms with van der Waals surface area (Å²) in [5.74, 6) is -4.58. The van der Waals surface area contributed by atoms with E-state index in [1.807, 2.05) is 0 Å². The fourth-order valence-electron chi connectivity index (χ4n) is 1.99. The predicted octanol–water partition coefficient (Wildman–Crippen LogP) is 2.18. The maximum atomic E-state index is 13.0. The molecule has 1 aromatic rings. The number of benzene rings is 1. The molecule has 1 aliphatic rings. The largest absolute Gasteiger partial charge is 0.324 e. The Hall–Kier alpha value is -1.56. The van der Waals surface area contributed by atoms with Crippen LogP contribution in [0.25, 0.3) is 0 Å². The van der Waals surface area contributed by atoms with E-state index in [2.05, 4.69) is 10.6 Å². The number of carbonyl (C=O) groups is 1. The molecule has 0 saturated carbocycles. The van der Waals surface area contributed by atoms with E-state index in [1.54, 1.807) is 6.92 Å². The van der Waals surface area contributed by atoms with Crippen LogP contribution < -0.4 is 10.6 Å². The minimum Gasteiger partial charge on any atom is -0.324 e. The summed E-state index contributed by atoms with van der Waals surface area (Å²) in [7, 11) is 0. The Labute approximate surface area is 102 Å². The van der Waals surface area contributed by atoms with Crippen LogP contribution in [0.5, 0.6) is 0 Å². The highest BCUT2D eigenvalue weighted by molar-refractivity contribution is 5.98. The van der Waals surface area contributed by atoms with Gasteiger partial charge >= 0.3 is 0 Å². The number of hydrogen-bond donors (Lipinski definition) is 2. The summed E-state index contributed by atoms with van der Waals surface area (Å²) in [6.45, 7) is 2.43. The molecule has 1 unspecified atom stereocenters. The molecular weight excluding hydrogens is 245 g/mol. The third kappa shape index (κ3) is 2.33. The number of carbonyl (C=O) groups excluding carboxylic acids is 1. The second kappa shape index (κ2) is 4.61. The van der Waals surface area contributed by atoms with Crippen LogP contribution in [-0.2, 0) is 4.79 Å². The molecule has 1 heterocycles. The molecule has 1 aliphatic heterocycles. The van der Waals surface area contributed by atoms with Crippen LogP contribution in [0.4, 0.5) is 18.9 Å². The average molecular weight is 258 g/mol. The minimum atomic E-state index is -1.54. The average Bonchev–Trinajstić information content (AvgIpc) is 2.74. The zero-order valence-corrected chi connectivity index (χ0v) is 9.82. The van der Waals surface area contributed by atoms with Crippen molar-refractivity contribution in [1.82, 2.24) is 5.32 Å².